The number of alkyl halides is 3. The van der Waals surface area contributed by atoms with Crippen LogP contribution in [-0.2, 0) is 10.1 Å². The van der Waals surface area contributed by atoms with Gasteiger partial charge in [-0.25, -0.2) is 4.98 Å². The molecule has 0 spiro atoms. The molecule has 9 heteroatoms. The van der Waals surface area contributed by atoms with Crippen LogP contribution in [0, 0.1) is 0 Å². The summed E-state index contributed by atoms with van der Waals surface area (Å²) >= 11 is 0. The van der Waals surface area contributed by atoms with Crippen molar-refractivity contribution in [2.45, 2.75) is 5.51 Å². The van der Waals surface area contributed by atoms with Crippen LogP contribution in [-0.4, -0.2) is 23.9 Å². The van der Waals surface area contributed by atoms with E-state index in [9.17, 15) is 21.6 Å². The highest BCUT2D eigenvalue weighted by Crippen LogP contribution is 2.28. The van der Waals surface area contributed by atoms with Gasteiger partial charge < -0.3 is 4.18 Å². The molecule has 0 aliphatic carbocycles. The van der Waals surface area contributed by atoms with Crippen molar-refractivity contribution in [1.29, 1.82) is 0 Å². The number of pyridine rings is 2. The third kappa shape index (κ3) is 2.21. The Kier molecular flexibility index (Phi) is 2.85. The van der Waals surface area contributed by atoms with E-state index in [1.54, 1.807) is 6.07 Å². The zero-order valence-electron chi connectivity index (χ0n) is 8.55. The molecule has 2 rings (SSSR count). The number of hydrogen-bond donors (Lipinski definition) is 0. The first-order valence-electron chi connectivity index (χ1n) is 4.52. The van der Waals surface area contributed by atoms with Gasteiger partial charge in [0.25, 0.3) is 5.88 Å². The highest BCUT2D eigenvalue weighted by Gasteiger charge is 2.49. The molecule has 0 aliphatic rings. The van der Waals surface area contributed by atoms with Gasteiger partial charge in [0.1, 0.15) is 5.52 Å². The first kappa shape index (κ1) is 12.6. The van der Waals surface area contributed by atoms with Gasteiger partial charge in [-0.2, -0.15) is 21.6 Å². The molecule has 0 N–H and O–H groups in total. The highest BCUT2D eigenvalue weighted by atomic mass is 32.2. The van der Waals surface area contributed by atoms with E-state index in [1.165, 1.54) is 18.3 Å². The summed E-state index contributed by atoms with van der Waals surface area (Å²) in [5.41, 5.74) is -5.57. The second-order valence-electron chi connectivity index (χ2n) is 3.17. The van der Waals surface area contributed by atoms with Gasteiger partial charge in [0.05, 0.1) is 0 Å². The van der Waals surface area contributed by atoms with Gasteiger partial charge in [0.2, 0.25) is 0 Å². The van der Waals surface area contributed by atoms with E-state index < -0.39 is 21.5 Å². The number of aromatic nitrogens is 2. The molecular formula is C9H5F3N2O3S. The first-order chi connectivity index (χ1) is 8.31. The molecule has 0 atom stereocenters. The Balaban J connectivity index is 2.51. The van der Waals surface area contributed by atoms with Crippen LogP contribution in [0.15, 0.2) is 30.6 Å². The van der Waals surface area contributed by atoms with Crippen molar-refractivity contribution in [3.63, 3.8) is 0 Å². The number of halogens is 3. The molecule has 0 saturated heterocycles. The van der Waals surface area contributed by atoms with Crippen molar-refractivity contribution in [2.24, 2.45) is 0 Å². The van der Waals surface area contributed by atoms with Crippen LogP contribution < -0.4 is 4.18 Å². The molecule has 0 aromatic carbocycles. The molecular weight excluding hydrogens is 273 g/mol. The molecule has 0 fully saturated rings. The third-order valence-corrected chi connectivity index (χ3v) is 2.90. The summed E-state index contributed by atoms with van der Waals surface area (Å²) in [7, 11) is -5.74. The normalized spacial score (nSPS) is 12.6. The van der Waals surface area contributed by atoms with E-state index in [2.05, 4.69) is 14.2 Å². The van der Waals surface area contributed by atoms with E-state index in [0.717, 1.165) is 6.20 Å². The predicted octanol–water partition coefficient (Wildman–Crippen LogP) is 1.86. The molecule has 0 aliphatic heterocycles. The Morgan fingerprint density at radius 2 is 1.83 bits per heavy atom. The Hall–Kier alpha value is -1.90. The monoisotopic (exact) mass is 278 g/mol. The molecule has 2 aromatic rings. The lowest BCUT2D eigenvalue weighted by Gasteiger charge is -2.09. The van der Waals surface area contributed by atoms with E-state index in [4.69, 9.17) is 0 Å². The third-order valence-electron chi connectivity index (χ3n) is 1.96. The van der Waals surface area contributed by atoms with Gasteiger partial charge in [-0.15, -0.1) is 0 Å². The van der Waals surface area contributed by atoms with Gasteiger partial charge in [-0.1, -0.05) is 6.07 Å². The number of rotatable bonds is 2. The maximum atomic E-state index is 12.2. The van der Waals surface area contributed by atoms with Crippen LogP contribution in [0.2, 0.25) is 0 Å². The fourth-order valence-corrected chi connectivity index (χ4v) is 1.61. The molecule has 5 nitrogen and oxygen atoms in total. The van der Waals surface area contributed by atoms with Gasteiger partial charge in [0, 0.05) is 17.8 Å². The molecule has 0 amide bonds. The second kappa shape index (κ2) is 4.09. The Morgan fingerprint density at radius 1 is 1.11 bits per heavy atom. The Morgan fingerprint density at radius 3 is 2.50 bits per heavy atom. The van der Waals surface area contributed by atoms with Crippen LogP contribution >= 0.6 is 0 Å². The Bertz CT molecular complexity index is 680. The predicted molar refractivity (Wildman–Crippen MR) is 55.1 cm³/mol. The van der Waals surface area contributed by atoms with Gasteiger partial charge >= 0.3 is 15.6 Å². The van der Waals surface area contributed by atoms with Crippen LogP contribution in [0.1, 0.15) is 0 Å². The fraction of sp³-hybridized carbons (Fsp3) is 0.111. The topological polar surface area (TPSA) is 69.2 Å². The smallest absolute Gasteiger partial charge is 0.353 e. The molecule has 0 bridgehead atoms. The van der Waals surface area contributed by atoms with Crippen molar-refractivity contribution in [3.05, 3.63) is 30.6 Å². The minimum absolute atomic E-state index is 0.0622. The van der Waals surface area contributed by atoms with E-state index in [-0.39, 0.29) is 5.52 Å². The van der Waals surface area contributed by atoms with Crippen LogP contribution in [0.5, 0.6) is 5.88 Å². The average Bonchev–Trinajstić information content (AvgIpc) is 2.27. The maximum Gasteiger partial charge on any atom is 0.534 e. The average molecular weight is 278 g/mol. The van der Waals surface area contributed by atoms with Gasteiger partial charge in [0.15, 0.2) is 0 Å². The van der Waals surface area contributed by atoms with E-state index in [1.807, 2.05) is 0 Å². The largest absolute Gasteiger partial charge is 0.534 e. The summed E-state index contributed by atoms with van der Waals surface area (Å²) in [5.74, 6) is -0.703. The summed E-state index contributed by atoms with van der Waals surface area (Å²) in [6.45, 7) is 0. The summed E-state index contributed by atoms with van der Waals surface area (Å²) in [4.78, 5) is 7.17. The fourth-order valence-electron chi connectivity index (χ4n) is 1.19. The van der Waals surface area contributed by atoms with Crippen LogP contribution in [0.3, 0.4) is 0 Å². The number of hydrogen-bond acceptors (Lipinski definition) is 5. The minimum Gasteiger partial charge on any atom is -0.353 e. The lowest BCUT2D eigenvalue weighted by atomic mass is 10.3. The van der Waals surface area contributed by atoms with Crippen molar-refractivity contribution in [3.8, 4) is 5.88 Å². The maximum absolute atomic E-state index is 12.2. The second-order valence-corrected chi connectivity index (χ2v) is 4.71. The van der Waals surface area contributed by atoms with Crippen molar-refractivity contribution < 1.29 is 25.8 Å². The lowest BCUT2D eigenvalue weighted by molar-refractivity contribution is -0.0500. The number of fused-ring (bicyclic) bond motifs is 1. The zero-order valence-corrected chi connectivity index (χ0v) is 9.36. The molecule has 2 aromatic heterocycles. The first-order valence-corrected chi connectivity index (χ1v) is 5.92. The van der Waals surface area contributed by atoms with Crippen molar-refractivity contribution >= 4 is 21.0 Å². The van der Waals surface area contributed by atoms with Crippen LogP contribution in [0.4, 0.5) is 13.2 Å². The molecule has 0 radical (unpaired) electrons. The van der Waals surface area contributed by atoms with Crippen LogP contribution in [0.25, 0.3) is 10.9 Å². The molecule has 0 saturated carbocycles. The molecule has 96 valence electrons. The van der Waals surface area contributed by atoms with Gasteiger partial charge in [-0.3, -0.25) is 4.98 Å². The van der Waals surface area contributed by atoms with Gasteiger partial charge in [-0.05, 0) is 12.1 Å². The van der Waals surface area contributed by atoms with E-state index >= 15 is 0 Å². The van der Waals surface area contributed by atoms with Crippen molar-refractivity contribution in [1.82, 2.24) is 9.97 Å². The summed E-state index contributed by atoms with van der Waals surface area (Å²) in [6.07, 6.45) is 2.42. The summed E-state index contributed by atoms with van der Waals surface area (Å²) in [6, 6.07) is 4.55. The molecule has 0 unspecified atom stereocenters. The quantitative estimate of drug-likeness (QED) is 0.619. The Labute approximate surface area is 99.4 Å². The molecule has 2 heterocycles. The SMILES string of the molecule is O=S(=O)(Oc1nccc2cccnc12)C(F)(F)F. The van der Waals surface area contributed by atoms with E-state index in [0.29, 0.717) is 5.39 Å². The summed E-state index contributed by atoms with van der Waals surface area (Å²) < 4.78 is 62.1. The number of nitrogens with zero attached hydrogens (tertiary/aromatic N) is 2. The molecule has 18 heavy (non-hydrogen) atoms. The minimum atomic E-state index is -5.74. The highest BCUT2D eigenvalue weighted by molar-refractivity contribution is 7.88. The lowest BCUT2D eigenvalue weighted by Crippen LogP contribution is -2.28. The van der Waals surface area contributed by atoms with Crippen molar-refractivity contribution in [2.75, 3.05) is 0 Å². The summed E-state index contributed by atoms with van der Waals surface area (Å²) in [5, 5.41) is 0.417. The zero-order chi connectivity index (χ0) is 13.4. The standard InChI is InChI=1S/C9H5F3N2O3S/c10-9(11,12)18(15,16)17-8-7-6(3-5-14-8)2-1-4-13-7/h1-5H.